The Kier molecular flexibility index (Phi) is 3.76. The molecular formula is C15H18ClN3O. The van der Waals surface area contributed by atoms with Crippen molar-refractivity contribution >= 4 is 22.5 Å². The van der Waals surface area contributed by atoms with Crippen LogP contribution in [-0.2, 0) is 6.54 Å². The summed E-state index contributed by atoms with van der Waals surface area (Å²) in [7, 11) is 0. The summed E-state index contributed by atoms with van der Waals surface area (Å²) in [6, 6.07) is 5.98. The van der Waals surface area contributed by atoms with E-state index >= 15 is 0 Å². The highest BCUT2D eigenvalue weighted by atomic mass is 35.5. The van der Waals surface area contributed by atoms with Gasteiger partial charge in [-0.05, 0) is 50.0 Å². The normalized spacial score (nSPS) is 19.4. The first-order chi connectivity index (χ1) is 9.65. The molecule has 1 aromatic heterocycles. The van der Waals surface area contributed by atoms with E-state index in [1.54, 1.807) is 4.57 Å². The lowest BCUT2D eigenvalue weighted by Gasteiger charge is -2.24. The molecule has 0 spiro atoms. The first kappa shape index (κ1) is 13.6. The minimum absolute atomic E-state index is 0.0453. The SMILES string of the molecule is Cc1ccc2nc(Cl)n(CC3CCCCN3)c(=O)c2c1. The number of rotatable bonds is 2. The van der Waals surface area contributed by atoms with Crippen LogP contribution in [0.4, 0.5) is 0 Å². The minimum atomic E-state index is -0.0453. The van der Waals surface area contributed by atoms with Crippen LogP contribution in [0.25, 0.3) is 10.9 Å². The fraction of sp³-hybridized carbons (Fsp3) is 0.467. The van der Waals surface area contributed by atoms with E-state index in [2.05, 4.69) is 10.3 Å². The van der Waals surface area contributed by atoms with E-state index in [0.29, 0.717) is 23.5 Å². The number of aromatic nitrogens is 2. The van der Waals surface area contributed by atoms with Gasteiger partial charge in [0, 0.05) is 12.6 Å². The van der Waals surface area contributed by atoms with E-state index < -0.39 is 0 Å². The smallest absolute Gasteiger partial charge is 0.262 e. The van der Waals surface area contributed by atoms with Crippen LogP contribution in [0.1, 0.15) is 24.8 Å². The average Bonchev–Trinajstić information content (AvgIpc) is 2.46. The second-order valence-corrected chi connectivity index (χ2v) is 5.80. The summed E-state index contributed by atoms with van der Waals surface area (Å²) in [5, 5.41) is 4.36. The molecule has 2 aromatic rings. The second kappa shape index (κ2) is 5.54. The fourth-order valence-electron chi connectivity index (χ4n) is 2.77. The third-order valence-electron chi connectivity index (χ3n) is 3.88. The molecule has 0 bridgehead atoms. The summed E-state index contributed by atoms with van der Waals surface area (Å²) in [6.07, 6.45) is 3.48. The third kappa shape index (κ3) is 2.58. The molecule has 1 N–H and O–H groups in total. The molecule has 1 atom stereocenters. The Morgan fingerprint density at radius 3 is 3.05 bits per heavy atom. The summed E-state index contributed by atoms with van der Waals surface area (Å²) in [5.74, 6) is 0. The van der Waals surface area contributed by atoms with E-state index in [-0.39, 0.29) is 10.8 Å². The van der Waals surface area contributed by atoms with E-state index in [1.165, 1.54) is 12.8 Å². The van der Waals surface area contributed by atoms with Gasteiger partial charge in [-0.25, -0.2) is 4.98 Å². The van der Waals surface area contributed by atoms with Crippen molar-refractivity contribution in [1.29, 1.82) is 0 Å². The molecule has 106 valence electrons. The van der Waals surface area contributed by atoms with E-state index in [0.717, 1.165) is 18.5 Å². The van der Waals surface area contributed by atoms with Crippen LogP contribution in [0.15, 0.2) is 23.0 Å². The maximum Gasteiger partial charge on any atom is 0.262 e. The fourth-order valence-corrected chi connectivity index (χ4v) is 3.00. The van der Waals surface area contributed by atoms with Crippen LogP contribution in [0.5, 0.6) is 0 Å². The molecule has 2 heterocycles. The van der Waals surface area contributed by atoms with Crippen LogP contribution in [0, 0.1) is 6.92 Å². The van der Waals surface area contributed by atoms with Gasteiger partial charge >= 0.3 is 0 Å². The Labute approximate surface area is 122 Å². The maximum atomic E-state index is 12.6. The monoisotopic (exact) mass is 291 g/mol. The first-order valence-corrected chi connectivity index (χ1v) is 7.43. The molecule has 1 saturated heterocycles. The van der Waals surface area contributed by atoms with Gasteiger partial charge in [0.1, 0.15) is 0 Å². The van der Waals surface area contributed by atoms with Gasteiger partial charge in [0.15, 0.2) is 0 Å². The van der Waals surface area contributed by atoms with Crippen LogP contribution < -0.4 is 10.9 Å². The van der Waals surface area contributed by atoms with E-state index in [1.807, 2.05) is 25.1 Å². The van der Waals surface area contributed by atoms with Crippen molar-refractivity contribution in [3.05, 3.63) is 39.4 Å². The largest absolute Gasteiger partial charge is 0.312 e. The molecule has 4 nitrogen and oxygen atoms in total. The summed E-state index contributed by atoms with van der Waals surface area (Å²) in [5.41, 5.74) is 1.68. The number of nitrogens with one attached hydrogen (secondary N) is 1. The second-order valence-electron chi connectivity index (χ2n) is 5.46. The molecule has 0 saturated carbocycles. The predicted octanol–water partition coefficient (Wildman–Crippen LogP) is 2.50. The van der Waals surface area contributed by atoms with Gasteiger partial charge in [-0.1, -0.05) is 18.1 Å². The van der Waals surface area contributed by atoms with Crippen molar-refractivity contribution < 1.29 is 0 Å². The molecule has 1 aromatic carbocycles. The van der Waals surface area contributed by atoms with Crippen molar-refractivity contribution in [2.45, 2.75) is 38.8 Å². The topological polar surface area (TPSA) is 46.9 Å². The number of aryl methyl sites for hydroxylation is 1. The highest BCUT2D eigenvalue weighted by molar-refractivity contribution is 6.28. The molecule has 0 radical (unpaired) electrons. The Bertz CT molecular complexity index is 689. The van der Waals surface area contributed by atoms with Crippen LogP contribution in [-0.4, -0.2) is 22.1 Å². The number of hydrogen-bond donors (Lipinski definition) is 1. The summed E-state index contributed by atoms with van der Waals surface area (Å²) in [4.78, 5) is 16.9. The van der Waals surface area contributed by atoms with E-state index in [4.69, 9.17) is 11.6 Å². The zero-order chi connectivity index (χ0) is 14.1. The number of benzene rings is 1. The van der Waals surface area contributed by atoms with Crippen molar-refractivity contribution in [1.82, 2.24) is 14.9 Å². The van der Waals surface area contributed by atoms with Gasteiger partial charge in [-0.3, -0.25) is 9.36 Å². The lowest BCUT2D eigenvalue weighted by molar-refractivity contribution is 0.359. The molecule has 1 aliphatic rings. The number of hydrogen-bond acceptors (Lipinski definition) is 3. The van der Waals surface area contributed by atoms with Gasteiger partial charge in [0.05, 0.1) is 10.9 Å². The zero-order valence-electron chi connectivity index (χ0n) is 11.5. The highest BCUT2D eigenvalue weighted by Crippen LogP contribution is 2.15. The van der Waals surface area contributed by atoms with Gasteiger partial charge in [-0.2, -0.15) is 0 Å². The number of nitrogens with zero attached hydrogens (tertiary/aromatic N) is 2. The lowest BCUT2D eigenvalue weighted by atomic mass is 10.1. The highest BCUT2D eigenvalue weighted by Gasteiger charge is 2.17. The molecule has 3 rings (SSSR count). The molecule has 1 aliphatic heterocycles. The summed E-state index contributed by atoms with van der Waals surface area (Å²) < 4.78 is 1.59. The van der Waals surface area contributed by atoms with Crippen LogP contribution in [0.2, 0.25) is 5.28 Å². The third-order valence-corrected chi connectivity index (χ3v) is 4.17. The average molecular weight is 292 g/mol. The number of halogens is 1. The minimum Gasteiger partial charge on any atom is -0.312 e. The summed E-state index contributed by atoms with van der Waals surface area (Å²) >= 11 is 6.19. The van der Waals surface area contributed by atoms with Gasteiger partial charge in [0.25, 0.3) is 5.56 Å². The van der Waals surface area contributed by atoms with Crippen LogP contribution in [0.3, 0.4) is 0 Å². The summed E-state index contributed by atoms with van der Waals surface area (Å²) in [6.45, 7) is 3.58. The zero-order valence-corrected chi connectivity index (χ0v) is 12.3. The van der Waals surface area contributed by atoms with Crippen molar-refractivity contribution in [3.8, 4) is 0 Å². The Balaban J connectivity index is 2.03. The standard InChI is InChI=1S/C15H18ClN3O/c1-10-5-6-13-12(8-10)14(20)19(15(16)18-13)9-11-4-2-3-7-17-11/h5-6,8,11,17H,2-4,7,9H2,1H3. The van der Waals surface area contributed by atoms with Gasteiger partial charge in [-0.15, -0.1) is 0 Å². The Hall–Kier alpha value is -1.39. The number of piperidine rings is 1. The van der Waals surface area contributed by atoms with Gasteiger partial charge < -0.3 is 5.32 Å². The first-order valence-electron chi connectivity index (χ1n) is 7.05. The Morgan fingerprint density at radius 1 is 1.45 bits per heavy atom. The predicted molar refractivity (Wildman–Crippen MR) is 81.4 cm³/mol. The van der Waals surface area contributed by atoms with Gasteiger partial charge in [0.2, 0.25) is 5.28 Å². The molecule has 0 aliphatic carbocycles. The van der Waals surface area contributed by atoms with Crippen LogP contribution >= 0.6 is 11.6 Å². The number of fused-ring (bicyclic) bond motifs is 1. The molecule has 20 heavy (non-hydrogen) atoms. The van der Waals surface area contributed by atoms with Crippen molar-refractivity contribution in [3.63, 3.8) is 0 Å². The Morgan fingerprint density at radius 2 is 2.30 bits per heavy atom. The maximum absolute atomic E-state index is 12.6. The van der Waals surface area contributed by atoms with E-state index in [9.17, 15) is 4.79 Å². The van der Waals surface area contributed by atoms with Crippen molar-refractivity contribution in [2.24, 2.45) is 0 Å². The molecule has 5 heteroatoms. The molecular weight excluding hydrogens is 274 g/mol. The molecule has 0 amide bonds. The van der Waals surface area contributed by atoms with Crippen molar-refractivity contribution in [2.75, 3.05) is 6.54 Å². The molecule has 1 fully saturated rings. The lowest BCUT2D eigenvalue weighted by Crippen LogP contribution is -2.40. The quantitative estimate of drug-likeness (QED) is 0.865. The molecule has 1 unspecified atom stereocenters.